The largest absolute Gasteiger partial charge is 0.385 e. The lowest BCUT2D eigenvalue weighted by molar-refractivity contribution is -0.132. The monoisotopic (exact) mass is 320 g/mol. The fraction of sp³-hybridized carbons (Fsp3) is 0.556. The summed E-state index contributed by atoms with van der Waals surface area (Å²) < 4.78 is 4.99. The summed E-state index contributed by atoms with van der Waals surface area (Å²) in [5.41, 5.74) is 1.80. The molecule has 0 bridgehead atoms. The standard InChI is InChI=1S/C18H28N2O3/c1-14(21)20(11-8-12-23-5)13-17(22)19-16-10-7-6-9-15(16)18(2,3)4/h6-7,9-10H,8,11-13H2,1-5H3,(H,19,22). The van der Waals surface area contributed by atoms with Gasteiger partial charge in [-0.3, -0.25) is 9.59 Å². The van der Waals surface area contributed by atoms with Crippen LogP contribution in [0.2, 0.25) is 0 Å². The normalized spacial score (nSPS) is 11.2. The van der Waals surface area contributed by atoms with E-state index in [0.717, 1.165) is 11.3 Å². The Bertz CT molecular complexity index is 535. The number of nitrogens with one attached hydrogen (secondary N) is 1. The first-order valence-corrected chi connectivity index (χ1v) is 7.89. The van der Waals surface area contributed by atoms with Gasteiger partial charge in [-0.15, -0.1) is 0 Å². The van der Waals surface area contributed by atoms with Gasteiger partial charge in [0.2, 0.25) is 11.8 Å². The zero-order valence-corrected chi connectivity index (χ0v) is 14.8. The minimum absolute atomic E-state index is 0.0531. The first-order chi connectivity index (χ1) is 10.8. The average molecular weight is 320 g/mol. The van der Waals surface area contributed by atoms with E-state index in [0.29, 0.717) is 19.6 Å². The molecule has 0 aliphatic heterocycles. The maximum atomic E-state index is 12.3. The molecular weight excluding hydrogens is 292 g/mol. The molecule has 0 fully saturated rings. The van der Waals surface area contributed by atoms with Crippen LogP contribution in [0.15, 0.2) is 24.3 Å². The molecule has 5 heteroatoms. The fourth-order valence-electron chi connectivity index (χ4n) is 2.36. The Labute approximate surface area is 139 Å². The molecule has 0 radical (unpaired) electrons. The first-order valence-electron chi connectivity index (χ1n) is 7.89. The zero-order valence-electron chi connectivity index (χ0n) is 14.8. The van der Waals surface area contributed by atoms with Crippen molar-refractivity contribution in [3.63, 3.8) is 0 Å². The lowest BCUT2D eigenvalue weighted by Crippen LogP contribution is -2.37. The number of amides is 2. The Hall–Kier alpha value is -1.88. The SMILES string of the molecule is COCCCN(CC(=O)Nc1ccccc1C(C)(C)C)C(C)=O. The van der Waals surface area contributed by atoms with Crippen LogP contribution in [-0.4, -0.2) is 43.5 Å². The lowest BCUT2D eigenvalue weighted by Gasteiger charge is -2.24. The van der Waals surface area contributed by atoms with Crippen molar-refractivity contribution in [1.82, 2.24) is 4.90 Å². The number of methoxy groups -OCH3 is 1. The third-order valence-corrected chi connectivity index (χ3v) is 3.57. The highest BCUT2D eigenvalue weighted by atomic mass is 16.5. The number of para-hydroxylation sites is 1. The van der Waals surface area contributed by atoms with E-state index < -0.39 is 0 Å². The number of ether oxygens (including phenoxy) is 1. The Morgan fingerprint density at radius 3 is 2.43 bits per heavy atom. The number of carbonyl (C=O) groups excluding carboxylic acids is 2. The van der Waals surface area contributed by atoms with Crippen molar-refractivity contribution in [3.8, 4) is 0 Å². The Balaban J connectivity index is 2.74. The molecule has 1 aromatic rings. The smallest absolute Gasteiger partial charge is 0.244 e. The van der Waals surface area contributed by atoms with Gasteiger partial charge in [-0.1, -0.05) is 39.0 Å². The van der Waals surface area contributed by atoms with Gasteiger partial charge in [0.1, 0.15) is 0 Å². The predicted octanol–water partition coefficient (Wildman–Crippen LogP) is 2.81. The first kappa shape index (κ1) is 19.2. The minimum Gasteiger partial charge on any atom is -0.385 e. The van der Waals surface area contributed by atoms with Crippen LogP contribution < -0.4 is 5.32 Å². The molecule has 0 aromatic heterocycles. The molecular formula is C18H28N2O3. The van der Waals surface area contributed by atoms with E-state index in [1.54, 1.807) is 7.11 Å². The second-order valence-electron chi connectivity index (χ2n) is 6.63. The van der Waals surface area contributed by atoms with Gasteiger partial charge in [-0.05, 0) is 23.5 Å². The second kappa shape index (κ2) is 8.67. The number of rotatable bonds is 7. The third-order valence-electron chi connectivity index (χ3n) is 3.57. The quantitative estimate of drug-likeness (QED) is 0.786. The highest BCUT2D eigenvalue weighted by Gasteiger charge is 2.19. The summed E-state index contributed by atoms with van der Waals surface area (Å²) in [5, 5.41) is 2.93. The molecule has 0 unspecified atom stereocenters. The second-order valence-corrected chi connectivity index (χ2v) is 6.63. The van der Waals surface area contributed by atoms with E-state index in [1.807, 2.05) is 24.3 Å². The summed E-state index contributed by atoms with van der Waals surface area (Å²) in [6, 6.07) is 7.76. The molecule has 0 aliphatic carbocycles. The molecule has 0 spiro atoms. The topological polar surface area (TPSA) is 58.6 Å². The van der Waals surface area contributed by atoms with E-state index in [-0.39, 0.29) is 23.8 Å². The molecule has 0 heterocycles. The number of anilines is 1. The summed E-state index contributed by atoms with van der Waals surface area (Å²) in [6.45, 7) is 8.91. The minimum atomic E-state index is -0.186. The van der Waals surface area contributed by atoms with Crippen LogP contribution in [0, 0.1) is 0 Å². The summed E-state index contributed by atoms with van der Waals surface area (Å²) >= 11 is 0. The fourth-order valence-corrected chi connectivity index (χ4v) is 2.36. The average Bonchev–Trinajstić information content (AvgIpc) is 2.45. The van der Waals surface area contributed by atoms with Crippen molar-refractivity contribution < 1.29 is 14.3 Å². The highest BCUT2D eigenvalue weighted by Crippen LogP contribution is 2.29. The van der Waals surface area contributed by atoms with Gasteiger partial charge in [0, 0.05) is 32.9 Å². The number of nitrogens with zero attached hydrogens (tertiary/aromatic N) is 1. The van der Waals surface area contributed by atoms with Crippen LogP contribution in [0.4, 0.5) is 5.69 Å². The molecule has 2 amide bonds. The number of hydrogen-bond acceptors (Lipinski definition) is 3. The van der Waals surface area contributed by atoms with Gasteiger partial charge < -0.3 is 15.0 Å². The van der Waals surface area contributed by atoms with Gasteiger partial charge in [0.25, 0.3) is 0 Å². The molecule has 0 saturated carbocycles. The molecule has 128 valence electrons. The summed E-state index contributed by atoms with van der Waals surface area (Å²) in [7, 11) is 1.62. The summed E-state index contributed by atoms with van der Waals surface area (Å²) in [5.74, 6) is -0.297. The Kier molecular flexibility index (Phi) is 7.23. The van der Waals surface area contributed by atoms with Gasteiger partial charge in [-0.25, -0.2) is 0 Å². The van der Waals surface area contributed by atoms with E-state index in [9.17, 15) is 9.59 Å². The van der Waals surface area contributed by atoms with E-state index in [4.69, 9.17) is 4.74 Å². The van der Waals surface area contributed by atoms with Crippen LogP contribution in [0.1, 0.15) is 39.7 Å². The van der Waals surface area contributed by atoms with Gasteiger partial charge in [0.05, 0.1) is 6.54 Å². The maximum absolute atomic E-state index is 12.3. The molecule has 0 saturated heterocycles. The maximum Gasteiger partial charge on any atom is 0.244 e. The van der Waals surface area contributed by atoms with E-state index in [1.165, 1.54) is 11.8 Å². The van der Waals surface area contributed by atoms with Crippen LogP contribution >= 0.6 is 0 Å². The highest BCUT2D eigenvalue weighted by molar-refractivity contribution is 5.95. The van der Waals surface area contributed by atoms with Crippen molar-refractivity contribution >= 4 is 17.5 Å². The number of hydrogen-bond donors (Lipinski definition) is 1. The van der Waals surface area contributed by atoms with Crippen molar-refractivity contribution in [3.05, 3.63) is 29.8 Å². The summed E-state index contributed by atoms with van der Waals surface area (Å²) in [6.07, 6.45) is 0.710. The lowest BCUT2D eigenvalue weighted by atomic mass is 9.86. The predicted molar refractivity (Wildman–Crippen MR) is 92.5 cm³/mol. The van der Waals surface area contributed by atoms with Gasteiger partial charge in [0.15, 0.2) is 0 Å². The molecule has 1 rings (SSSR count). The molecule has 5 nitrogen and oxygen atoms in total. The molecule has 0 aliphatic rings. The van der Waals surface area contributed by atoms with Crippen molar-refractivity contribution in [2.75, 3.05) is 32.1 Å². The van der Waals surface area contributed by atoms with E-state index in [2.05, 4.69) is 26.1 Å². The van der Waals surface area contributed by atoms with Crippen molar-refractivity contribution in [2.45, 2.75) is 39.5 Å². The summed E-state index contributed by atoms with van der Waals surface area (Å²) in [4.78, 5) is 25.5. The van der Waals surface area contributed by atoms with Crippen LogP contribution in [0.25, 0.3) is 0 Å². The Morgan fingerprint density at radius 2 is 1.87 bits per heavy atom. The third kappa shape index (κ3) is 6.40. The van der Waals surface area contributed by atoms with Crippen LogP contribution in [0.3, 0.4) is 0 Å². The molecule has 1 aromatic carbocycles. The number of benzene rings is 1. The Morgan fingerprint density at radius 1 is 1.22 bits per heavy atom. The van der Waals surface area contributed by atoms with Crippen molar-refractivity contribution in [1.29, 1.82) is 0 Å². The van der Waals surface area contributed by atoms with Gasteiger partial charge in [-0.2, -0.15) is 0 Å². The molecule has 0 atom stereocenters. The van der Waals surface area contributed by atoms with Gasteiger partial charge >= 0.3 is 0 Å². The van der Waals surface area contributed by atoms with E-state index >= 15 is 0 Å². The molecule has 1 N–H and O–H groups in total. The van der Waals surface area contributed by atoms with Crippen LogP contribution in [-0.2, 0) is 19.7 Å². The molecule has 23 heavy (non-hydrogen) atoms. The van der Waals surface area contributed by atoms with Crippen molar-refractivity contribution in [2.24, 2.45) is 0 Å². The zero-order chi connectivity index (χ0) is 17.5. The number of carbonyl (C=O) groups is 2. The van der Waals surface area contributed by atoms with Crippen LogP contribution in [0.5, 0.6) is 0 Å².